The van der Waals surface area contributed by atoms with E-state index in [0.29, 0.717) is 36.1 Å². The Balaban J connectivity index is 1.92. The quantitative estimate of drug-likeness (QED) is 0.778. The number of amides is 1. The minimum absolute atomic E-state index is 0.0986. The number of nitrogens with zero attached hydrogens (tertiary/aromatic N) is 3. The van der Waals surface area contributed by atoms with Gasteiger partial charge in [0.1, 0.15) is 17.3 Å². The van der Waals surface area contributed by atoms with E-state index in [9.17, 15) is 14.9 Å². The Bertz CT molecular complexity index is 1270. The average molecular weight is 410 g/mol. The summed E-state index contributed by atoms with van der Waals surface area (Å²) in [6, 6.07) is 17.3. The average Bonchev–Trinajstić information content (AvgIpc) is 2.98. The topological polar surface area (TPSA) is 90.4 Å². The number of para-hydroxylation sites is 2. The zero-order valence-corrected chi connectivity index (χ0v) is 17.5. The molecule has 2 aromatic rings. The van der Waals surface area contributed by atoms with E-state index in [1.807, 2.05) is 60.4 Å². The van der Waals surface area contributed by atoms with Crippen LogP contribution in [0.2, 0.25) is 0 Å². The van der Waals surface area contributed by atoms with Gasteiger partial charge < -0.3 is 10.6 Å². The second-order valence-electron chi connectivity index (χ2n) is 8.22. The molecule has 1 atom stereocenters. The van der Waals surface area contributed by atoms with Crippen LogP contribution >= 0.6 is 0 Å². The Hall–Kier alpha value is -3.85. The van der Waals surface area contributed by atoms with Crippen LogP contribution < -0.4 is 15.5 Å². The molecule has 1 spiro atoms. The maximum atomic E-state index is 13.8. The van der Waals surface area contributed by atoms with Crippen molar-refractivity contribution >= 4 is 23.1 Å². The number of rotatable bonds is 1. The third-order valence-electron chi connectivity index (χ3n) is 6.66. The Morgan fingerprint density at radius 3 is 2.42 bits per heavy atom. The molecule has 1 unspecified atom stereocenters. The Kier molecular flexibility index (Phi) is 4.06. The molecule has 154 valence electrons. The van der Waals surface area contributed by atoms with Crippen LogP contribution in [0.1, 0.15) is 30.4 Å². The van der Waals surface area contributed by atoms with Crippen molar-refractivity contribution in [1.29, 1.82) is 5.26 Å². The van der Waals surface area contributed by atoms with Crippen molar-refractivity contribution in [3.8, 4) is 6.07 Å². The largest absolute Gasteiger partial charge is 0.384 e. The minimum Gasteiger partial charge on any atom is -0.384 e. The fourth-order valence-corrected chi connectivity index (χ4v) is 5.32. The van der Waals surface area contributed by atoms with Gasteiger partial charge in [-0.2, -0.15) is 5.26 Å². The summed E-state index contributed by atoms with van der Waals surface area (Å²) in [5, 5.41) is 10.3. The summed E-state index contributed by atoms with van der Waals surface area (Å²) in [6.07, 6.45) is 1.63. The molecule has 0 bridgehead atoms. The number of Topliss-reactive ketones (excluding diaryl/α,β-unsaturated/α-hetero) is 1. The molecule has 1 aliphatic carbocycles. The number of carbonyl (C=O) groups excluding carboxylic acids is 2. The van der Waals surface area contributed by atoms with E-state index < -0.39 is 5.41 Å². The molecule has 0 aromatic heterocycles. The number of anilines is 2. The van der Waals surface area contributed by atoms with E-state index in [4.69, 9.17) is 5.73 Å². The molecular formula is C25H22N4O2. The number of benzene rings is 2. The zero-order chi connectivity index (χ0) is 21.9. The first-order valence-electron chi connectivity index (χ1n) is 10.3. The number of hydrogen-bond donors (Lipinski definition) is 1. The van der Waals surface area contributed by atoms with Crippen LogP contribution in [0.5, 0.6) is 0 Å². The molecule has 0 saturated carbocycles. The fourth-order valence-electron chi connectivity index (χ4n) is 5.32. The molecule has 0 saturated heterocycles. The second kappa shape index (κ2) is 6.58. The molecule has 2 heterocycles. The lowest BCUT2D eigenvalue weighted by Crippen LogP contribution is -2.52. The number of aryl methyl sites for hydroxylation is 1. The van der Waals surface area contributed by atoms with Gasteiger partial charge >= 0.3 is 0 Å². The number of hydrogen-bond acceptors (Lipinski definition) is 5. The summed E-state index contributed by atoms with van der Waals surface area (Å²) in [7, 11) is 1.68. The van der Waals surface area contributed by atoms with E-state index in [1.165, 1.54) is 4.90 Å². The van der Waals surface area contributed by atoms with Crippen molar-refractivity contribution in [3.63, 3.8) is 0 Å². The van der Waals surface area contributed by atoms with Gasteiger partial charge in [-0.3, -0.25) is 14.5 Å². The molecule has 2 aliphatic heterocycles. The molecule has 0 radical (unpaired) electrons. The van der Waals surface area contributed by atoms with Crippen LogP contribution in [-0.4, -0.2) is 18.7 Å². The van der Waals surface area contributed by atoms with Crippen molar-refractivity contribution in [2.45, 2.75) is 31.6 Å². The first-order valence-corrected chi connectivity index (χ1v) is 10.3. The van der Waals surface area contributed by atoms with Gasteiger partial charge in [0.25, 0.3) is 0 Å². The maximum absolute atomic E-state index is 13.8. The Morgan fingerprint density at radius 1 is 1.03 bits per heavy atom. The number of likely N-dealkylation sites (N-methyl/N-ethyl adjacent to an activating group) is 1. The first kappa shape index (κ1) is 19.1. The van der Waals surface area contributed by atoms with E-state index in [1.54, 1.807) is 7.05 Å². The van der Waals surface area contributed by atoms with Crippen LogP contribution in [0.15, 0.2) is 71.2 Å². The van der Waals surface area contributed by atoms with Gasteiger partial charge in [0.2, 0.25) is 5.91 Å². The van der Waals surface area contributed by atoms with E-state index in [-0.39, 0.29) is 23.1 Å². The molecular weight excluding hydrogens is 388 g/mol. The van der Waals surface area contributed by atoms with Gasteiger partial charge in [0.05, 0.1) is 11.3 Å². The highest BCUT2D eigenvalue weighted by Gasteiger charge is 2.61. The standard InChI is InChI=1S/C25H22N4O2/c1-15-8-3-5-10-18(15)29-20-12-7-13-21(30)22(20)25(17(14-26)23(29)27)16-9-4-6-11-19(16)28(2)24(25)31/h3-6,8-11H,7,12-13,27H2,1-2H3. The molecule has 2 aromatic carbocycles. The highest BCUT2D eigenvalue weighted by atomic mass is 16.2. The predicted molar refractivity (Wildman–Crippen MR) is 118 cm³/mol. The van der Waals surface area contributed by atoms with Gasteiger partial charge in [-0.15, -0.1) is 0 Å². The lowest BCUT2D eigenvalue weighted by atomic mass is 9.63. The third kappa shape index (κ3) is 2.26. The van der Waals surface area contributed by atoms with Crippen molar-refractivity contribution in [2.75, 3.05) is 16.8 Å². The number of nitrogens with two attached hydrogens (primary N) is 1. The SMILES string of the molecule is Cc1ccccc1N1C(N)=C(C#N)C2(C(=O)N(C)c3ccccc32)C2=C1CCCC2=O. The summed E-state index contributed by atoms with van der Waals surface area (Å²) < 4.78 is 0. The van der Waals surface area contributed by atoms with Gasteiger partial charge in [-0.1, -0.05) is 36.4 Å². The number of carbonyl (C=O) groups is 2. The summed E-state index contributed by atoms with van der Waals surface area (Å²) in [6.45, 7) is 1.97. The summed E-state index contributed by atoms with van der Waals surface area (Å²) in [5.74, 6) is -0.192. The zero-order valence-electron chi connectivity index (χ0n) is 17.5. The van der Waals surface area contributed by atoms with Crippen LogP contribution in [0, 0.1) is 18.3 Å². The highest BCUT2D eigenvalue weighted by molar-refractivity contribution is 6.20. The van der Waals surface area contributed by atoms with E-state index in [2.05, 4.69) is 6.07 Å². The smallest absolute Gasteiger partial charge is 0.247 e. The van der Waals surface area contributed by atoms with Crippen LogP contribution in [0.25, 0.3) is 0 Å². The number of ketones is 1. The van der Waals surface area contributed by atoms with Gasteiger partial charge in [0.15, 0.2) is 5.78 Å². The van der Waals surface area contributed by atoms with Gasteiger partial charge in [-0.25, -0.2) is 0 Å². The van der Waals surface area contributed by atoms with Crippen molar-refractivity contribution in [2.24, 2.45) is 5.73 Å². The number of allylic oxidation sites excluding steroid dienone is 1. The van der Waals surface area contributed by atoms with Crippen LogP contribution in [0.3, 0.4) is 0 Å². The fraction of sp³-hybridized carbons (Fsp3) is 0.240. The summed E-state index contributed by atoms with van der Waals surface area (Å²) in [5.41, 5.74) is 9.55. The summed E-state index contributed by atoms with van der Waals surface area (Å²) >= 11 is 0. The van der Waals surface area contributed by atoms with Crippen LogP contribution in [-0.2, 0) is 15.0 Å². The molecule has 5 rings (SSSR count). The predicted octanol–water partition coefficient (Wildman–Crippen LogP) is 3.43. The first-order chi connectivity index (χ1) is 14.9. The molecule has 6 heteroatoms. The second-order valence-corrected chi connectivity index (χ2v) is 8.22. The minimum atomic E-state index is -1.49. The number of fused-ring (bicyclic) bond motifs is 3. The normalized spacial score (nSPS) is 22.7. The molecule has 31 heavy (non-hydrogen) atoms. The monoisotopic (exact) mass is 410 g/mol. The lowest BCUT2D eigenvalue weighted by Gasteiger charge is -2.44. The lowest BCUT2D eigenvalue weighted by molar-refractivity contribution is -0.124. The maximum Gasteiger partial charge on any atom is 0.247 e. The van der Waals surface area contributed by atoms with E-state index >= 15 is 0 Å². The highest BCUT2D eigenvalue weighted by Crippen LogP contribution is 2.56. The molecule has 0 fully saturated rings. The van der Waals surface area contributed by atoms with Crippen LogP contribution in [0.4, 0.5) is 11.4 Å². The van der Waals surface area contributed by atoms with Crippen molar-refractivity contribution in [1.82, 2.24) is 0 Å². The summed E-state index contributed by atoms with van der Waals surface area (Å²) in [4.78, 5) is 30.7. The third-order valence-corrected chi connectivity index (χ3v) is 6.66. The van der Waals surface area contributed by atoms with Gasteiger partial charge in [-0.05, 0) is 37.5 Å². The molecule has 6 nitrogen and oxygen atoms in total. The van der Waals surface area contributed by atoms with Crippen molar-refractivity contribution < 1.29 is 9.59 Å². The number of nitriles is 1. The molecule has 3 aliphatic rings. The Labute approximate surface area is 180 Å². The van der Waals surface area contributed by atoms with Gasteiger partial charge in [0, 0.05) is 36.0 Å². The Morgan fingerprint density at radius 2 is 1.71 bits per heavy atom. The van der Waals surface area contributed by atoms with Crippen molar-refractivity contribution in [3.05, 3.63) is 82.3 Å². The molecule has 2 N–H and O–H groups in total. The molecule has 1 amide bonds. The van der Waals surface area contributed by atoms with E-state index in [0.717, 1.165) is 16.9 Å².